The highest BCUT2D eigenvalue weighted by molar-refractivity contribution is 7.92. The van der Waals surface area contributed by atoms with Crippen molar-refractivity contribution in [1.29, 1.82) is 0 Å². The SMILES string of the molecule is Cn1cc(C(=O)Nc2cc(Cl)cc(NS(C)(=O)=O)c2)cc1-c1ncc(N2CC3(C2)CC(F)(F)C3)cc1F. The summed E-state index contributed by atoms with van der Waals surface area (Å²) in [5, 5.41) is 2.86. The quantitative estimate of drug-likeness (QED) is 0.460. The zero-order valence-electron chi connectivity index (χ0n) is 19.9. The first-order valence-corrected chi connectivity index (χ1v) is 13.5. The first-order chi connectivity index (χ1) is 17.2. The lowest BCUT2D eigenvalue weighted by Gasteiger charge is -2.59. The third kappa shape index (κ3) is 5.26. The van der Waals surface area contributed by atoms with Crippen LogP contribution in [0, 0.1) is 11.2 Å². The maximum absolute atomic E-state index is 15.0. The summed E-state index contributed by atoms with van der Waals surface area (Å²) in [6.07, 6.45) is 3.73. The van der Waals surface area contributed by atoms with Crippen LogP contribution < -0.4 is 14.9 Å². The standard InChI is InChI=1S/C24H23ClF3N5O3S/c1-32-9-14(22(34)30-16-4-15(25)5-17(6-16)31-37(2,35)36)3-20(32)21-19(26)7-18(8-29-21)33-12-23(13-33)10-24(27,28)11-23/h3-9,31H,10-13H2,1-2H3,(H,30,34). The van der Waals surface area contributed by atoms with Crippen LogP contribution in [0.25, 0.3) is 11.4 Å². The Morgan fingerprint density at radius 3 is 2.41 bits per heavy atom. The van der Waals surface area contributed by atoms with Gasteiger partial charge in [0.15, 0.2) is 5.82 Å². The Bertz CT molecular complexity index is 1510. The molecule has 1 saturated carbocycles. The number of hydrogen-bond acceptors (Lipinski definition) is 5. The maximum Gasteiger partial charge on any atom is 0.257 e. The van der Waals surface area contributed by atoms with Gasteiger partial charge in [-0.2, -0.15) is 0 Å². The average Bonchev–Trinajstić information content (AvgIpc) is 3.09. The normalized spacial score (nSPS) is 17.7. The fourth-order valence-corrected chi connectivity index (χ4v) is 5.85. The molecule has 0 radical (unpaired) electrons. The molecule has 13 heteroatoms. The predicted molar refractivity (Wildman–Crippen MR) is 135 cm³/mol. The number of hydrogen-bond donors (Lipinski definition) is 2. The molecule has 5 rings (SSSR count). The van der Waals surface area contributed by atoms with E-state index in [-0.39, 0.29) is 45.9 Å². The van der Waals surface area contributed by atoms with Crippen LogP contribution in [-0.4, -0.2) is 49.1 Å². The fraction of sp³-hybridized carbons (Fsp3) is 0.333. The highest BCUT2D eigenvalue weighted by Gasteiger charge is 2.61. The van der Waals surface area contributed by atoms with Crippen molar-refractivity contribution in [3.8, 4) is 11.4 Å². The average molecular weight is 554 g/mol. The minimum absolute atomic E-state index is 0.0399. The number of carbonyl (C=O) groups is 1. The molecule has 1 aromatic carbocycles. The van der Waals surface area contributed by atoms with Crippen molar-refractivity contribution in [2.75, 3.05) is 34.3 Å². The minimum Gasteiger partial charge on any atom is -0.369 e. The van der Waals surface area contributed by atoms with Crippen molar-refractivity contribution >= 4 is 44.6 Å². The van der Waals surface area contributed by atoms with Gasteiger partial charge in [-0.05, 0) is 24.3 Å². The molecule has 0 bridgehead atoms. The van der Waals surface area contributed by atoms with E-state index in [1.165, 1.54) is 42.7 Å². The van der Waals surface area contributed by atoms with E-state index in [0.29, 0.717) is 24.5 Å². The third-order valence-corrected chi connectivity index (χ3v) is 7.31. The number of benzene rings is 1. The molecule has 0 atom stereocenters. The van der Waals surface area contributed by atoms with Crippen LogP contribution in [0.3, 0.4) is 0 Å². The van der Waals surface area contributed by atoms with Crippen LogP contribution in [0.5, 0.6) is 0 Å². The van der Waals surface area contributed by atoms with Crippen molar-refractivity contribution in [3.63, 3.8) is 0 Å². The number of pyridine rings is 1. The molecular formula is C24H23ClF3N5O3S. The molecule has 1 aliphatic heterocycles. The summed E-state index contributed by atoms with van der Waals surface area (Å²) in [5.41, 5.74) is 1.20. The van der Waals surface area contributed by atoms with Crippen LogP contribution >= 0.6 is 11.6 Å². The summed E-state index contributed by atoms with van der Waals surface area (Å²) >= 11 is 6.05. The molecule has 2 aromatic heterocycles. The van der Waals surface area contributed by atoms with Gasteiger partial charge in [-0.15, -0.1) is 0 Å². The Balaban J connectivity index is 1.30. The van der Waals surface area contributed by atoms with Crippen LogP contribution in [0.1, 0.15) is 23.2 Å². The molecule has 2 N–H and O–H groups in total. The lowest BCUT2D eigenvalue weighted by atomic mass is 9.61. The van der Waals surface area contributed by atoms with Gasteiger partial charge in [-0.25, -0.2) is 26.6 Å². The lowest BCUT2D eigenvalue weighted by Crippen LogP contribution is -2.66. The van der Waals surface area contributed by atoms with Crippen LogP contribution in [0.2, 0.25) is 5.02 Å². The molecule has 2 aliphatic rings. The number of nitrogens with one attached hydrogen (secondary N) is 2. The van der Waals surface area contributed by atoms with E-state index in [1.807, 2.05) is 4.90 Å². The van der Waals surface area contributed by atoms with Crippen molar-refractivity contribution in [2.24, 2.45) is 12.5 Å². The number of alkyl halides is 2. The van der Waals surface area contributed by atoms with Crippen LogP contribution in [0.15, 0.2) is 42.7 Å². The van der Waals surface area contributed by atoms with E-state index >= 15 is 4.39 Å². The number of amides is 1. The molecule has 8 nitrogen and oxygen atoms in total. The first kappa shape index (κ1) is 25.4. The van der Waals surface area contributed by atoms with Crippen LogP contribution in [-0.2, 0) is 17.1 Å². The topological polar surface area (TPSA) is 96.3 Å². The Morgan fingerprint density at radius 1 is 1.11 bits per heavy atom. The highest BCUT2D eigenvalue weighted by Crippen LogP contribution is 2.57. The molecule has 2 fully saturated rings. The monoisotopic (exact) mass is 553 g/mol. The van der Waals surface area contributed by atoms with Gasteiger partial charge < -0.3 is 14.8 Å². The second-order valence-corrected chi connectivity index (χ2v) is 12.1. The number of aryl methyl sites for hydroxylation is 1. The molecule has 3 aromatic rings. The van der Waals surface area contributed by atoms with E-state index in [1.54, 1.807) is 11.6 Å². The summed E-state index contributed by atoms with van der Waals surface area (Å²) in [6, 6.07) is 7.08. The van der Waals surface area contributed by atoms with Crippen molar-refractivity contribution < 1.29 is 26.4 Å². The molecule has 196 valence electrons. The molecule has 1 saturated heterocycles. The molecular weight excluding hydrogens is 531 g/mol. The van der Waals surface area contributed by atoms with E-state index in [0.717, 1.165) is 6.26 Å². The van der Waals surface area contributed by atoms with Gasteiger partial charge in [0, 0.05) is 61.4 Å². The zero-order chi connectivity index (χ0) is 26.8. The Kier molecular flexibility index (Phi) is 5.94. The summed E-state index contributed by atoms with van der Waals surface area (Å²) in [4.78, 5) is 18.9. The van der Waals surface area contributed by atoms with E-state index in [2.05, 4.69) is 15.0 Å². The number of rotatable bonds is 6. The number of sulfonamides is 1. The molecule has 1 spiro atoms. The Labute approximate surface area is 216 Å². The number of carbonyl (C=O) groups excluding carboxylic acids is 1. The van der Waals surface area contributed by atoms with E-state index in [9.17, 15) is 22.0 Å². The van der Waals surface area contributed by atoms with Crippen molar-refractivity contribution in [3.05, 3.63) is 59.1 Å². The van der Waals surface area contributed by atoms with Gasteiger partial charge in [-0.1, -0.05) is 11.6 Å². The number of nitrogens with zero attached hydrogens (tertiary/aromatic N) is 3. The number of aromatic nitrogens is 2. The molecule has 37 heavy (non-hydrogen) atoms. The van der Waals surface area contributed by atoms with Gasteiger partial charge in [0.25, 0.3) is 5.91 Å². The largest absolute Gasteiger partial charge is 0.369 e. The highest BCUT2D eigenvalue weighted by atomic mass is 35.5. The maximum atomic E-state index is 15.0. The van der Waals surface area contributed by atoms with Gasteiger partial charge in [0.1, 0.15) is 5.69 Å². The second kappa shape index (κ2) is 8.66. The first-order valence-electron chi connectivity index (χ1n) is 11.3. The van der Waals surface area contributed by atoms with Crippen molar-refractivity contribution in [2.45, 2.75) is 18.8 Å². The molecule has 1 aliphatic carbocycles. The lowest BCUT2D eigenvalue weighted by molar-refractivity contribution is -0.170. The van der Waals surface area contributed by atoms with Crippen LogP contribution in [0.4, 0.5) is 30.2 Å². The van der Waals surface area contributed by atoms with E-state index < -0.39 is 27.7 Å². The number of halogens is 4. The summed E-state index contributed by atoms with van der Waals surface area (Å²) in [7, 11) is -1.90. The Morgan fingerprint density at radius 2 is 1.78 bits per heavy atom. The predicted octanol–water partition coefficient (Wildman–Crippen LogP) is 4.74. The molecule has 3 heterocycles. The zero-order valence-corrected chi connectivity index (χ0v) is 21.4. The van der Waals surface area contributed by atoms with Crippen molar-refractivity contribution in [1.82, 2.24) is 9.55 Å². The summed E-state index contributed by atoms with van der Waals surface area (Å²) in [6.45, 7) is 0.894. The minimum atomic E-state index is -3.54. The molecule has 1 amide bonds. The summed E-state index contributed by atoms with van der Waals surface area (Å²) < 4.78 is 68.4. The summed E-state index contributed by atoms with van der Waals surface area (Å²) in [5.74, 6) is -3.72. The number of anilines is 3. The van der Waals surface area contributed by atoms with Gasteiger partial charge >= 0.3 is 0 Å². The van der Waals surface area contributed by atoms with Gasteiger partial charge in [-0.3, -0.25) is 9.52 Å². The van der Waals surface area contributed by atoms with Gasteiger partial charge in [0.2, 0.25) is 15.9 Å². The van der Waals surface area contributed by atoms with E-state index in [4.69, 9.17) is 11.6 Å². The molecule has 0 unspecified atom stereocenters. The Hall–Kier alpha value is -3.25. The third-order valence-electron chi connectivity index (χ3n) is 6.48. The fourth-order valence-electron chi connectivity index (χ4n) is 5.07. The smallest absolute Gasteiger partial charge is 0.257 e. The van der Waals surface area contributed by atoms with Gasteiger partial charge in [0.05, 0.1) is 35.1 Å². The second-order valence-electron chi connectivity index (χ2n) is 9.87.